The largest absolute Gasteiger partial charge is 0.479 e. The number of aryl methyl sites for hydroxylation is 1. The predicted octanol–water partition coefficient (Wildman–Crippen LogP) is 3.22. The van der Waals surface area contributed by atoms with Gasteiger partial charge in [0.1, 0.15) is 5.75 Å². The van der Waals surface area contributed by atoms with Gasteiger partial charge in [-0.2, -0.15) is 0 Å². The topological polar surface area (TPSA) is 67.4 Å². The molecule has 0 radical (unpaired) electrons. The van der Waals surface area contributed by atoms with E-state index in [0.717, 1.165) is 6.42 Å². The van der Waals surface area contributed by atoms with Crippen molar-refractivity contribution in [2.75, 3.05) is 10.6 Å². The third kappa shape index (κ3) is 3.18. The Labute approximate surface area is 134 Å². The van der Waals surface area contributed by atoms with Gasteiger partial charge in [0.05, 0.1) is 5.69 Å². The quantitative estimate of drug-likeness (QED) is 0.914. The Morgan fingerprint density at radius 2 is 1.96 bits per heavy atom. The molecule has 1 aliphatic rings. The van der Waals surface area contributed by atoms with Gasteiger partial charge < -0.3 is 15.4 Å². The van der Waals surface area contributed by atoms with Crippen LogP contribution in [0.25, 0.3) is 0 Å². The van der Waals surface area contributed by atoms with E-state index >= 15 is 0 Å². The summed E-state index contributed by atoms with van der Waals surface area (Å²) in [5.74, 6) is 0.211. The molecule has 0 aromatic heterocycles. The van der Waals surface area contributed by atoms with Gasteiger partial charge in [0.15, 0.2) is 6.10 Å². The molecular formula is C18H18N2O3. The molecule has 0 saturated heterocycles. The molecule has 0 bridgehead atoms. The van der Waals surface area contributed by atoms with Crippen LogP contribution >= 0.6 is 0 Å². The van der Waals surface area contributed by atoms with Crippen LogP contribution in [0.3, 0.4) is 0 Å². The molecule has 0 fully saturated rings. The number of rotatable bonds is 3. The number of amides is 2. The summed E-state index contributed by atoms with van der Waals surface area (Å²) in [6.07, 6.45) is 0.421. The molecule has 2 amide bonds. The number of hydrogen-bond acceptors (Lipinski definition) is 3. The van der Waals surface area contributed by atoms with Gasteiger partial charge in [0.2, 0.25) is 0 Å². The molecule has 0 unspecified atom stereocenters. The summed E-state index contributed by atoms with van der Waals surface area (Å²) < 4.78 is 5.49. The molecule has 1 heterocycles. The normalized spacial score (nSPS) is 16.1. The second-order valence-corrected chi connectivity index (χ2v) is 5.46. The zero-order valence-electron chi connectivity index (χ0n) is 13.1. The van der Waals surface area contributed by atoms with Crippen molar-refractivity contribution in [2.24, 2.45) is 0 Å². The SMILES string of the molecule is CCc1ccc(C(=O)Nc2ccc3c(c2)NC(=O)[C@H](C)O3)cc1. The summed E-state index contributed by atoms with van der Waals surface area (Å²) in [5.41, 5.74) is 2.94. The third-order valence-electron chi connectivity index (χ3n) is 3.79. The molecule has 2 aromatic rings. The van der Waals surface area contributed by atoms with Crippen molar-refractivity contribution in [1.82, 2.24) is 0 Å². The Kier molecular flexibility index (Phi) is 4.02. The summed E-state index contributed by atoms with van der Waals surface area (Å²) in [5, 5.41) is 5.59. The Morgan fingerprint density at radius 1 is 1.22 bits per heavy atom. The van der Waals surface area contributed by atoms with Crippen molar-refractivity contribution >= 4 is 23.2 Å². The predicted molar refractivity (Wildman–Crippen MR) is 88.9 cm³/mol. The van der Waals surface area contributed by atoms with Gasteiger partial charge in [-0.3, -0.25) is 9.59 Å². The Hall–Kier alpha value is -2.82. The van der Waals surface area contributed by atoms with Crippen LogP contribution in [0, 0.1) is 0 Å². The molecule has 2 aromatic carbocycles. The number of ether oxygens (including phenoxy) is 1. The molecule has 1 aliphatic heterocycles. The van der Waals surface area contributed by atoms with Gasteiger partial charge in [-0.25, -0.2) is 0 Å². The second-order valence-electron chi connectivity index (χ2n) is 5.46. The van der Waals surface area contributed by atoms with Crippen LogP contribution in [0.4, 0.5) is 11.4 Å². The zero-order valence-corrected chi connectivity index (χ0v) is 13.1. The first-order valence-corrected chi connectivity index (χ1v) is 7.58. The van der Waals surface area contributed by atoms with E-state index in [1.54, 1.807) is 37.3 Å². The highest BCUT2D eigenvalue weighted by molar-refractivity contribution is 6.05. The first kappa shape index (κ1) is 15.1. The van der Waals surface area contributed by atoms with Gasteiger partial charge in [-0.05, 0) is 49.2 Å². The second kappa shape index (κ2) is 6.12. The number of hydrogen-bond donors (Lipinski definition) is 2. The summed E-state index contributed by atoms with van der Waals surface area (Å²) in [7, 11) is 0. The van der Waals surface area contributed by atoms with Gasteiger partial charge in [0, 0.05) is 11.3 Å². The molecular weight excluding hydrogens is 292 g/mol. The number of nitrogens with one attached hydrogen (secondary N) is 2. The maximum Gasteiger partial charge on any atom is 0.265 e. The Morgan fingerprint density at radius 3 is 2.65 bits per heavy atom. The summed E-state index contributed by atoms with van der Waals surface area (Å²) in [6.45, 7) is 3.76. The molecule has 23 heavy (non-hydrogen) atoms. The van der Waals surface area contributed by atoms with E-state index in [1.807, 2.05) is 12.1 Å². The zero-order chi connectivity index (χ0) is 16.4. The van der Waals surface area contributed by atoms with E-state index in [0.29, 0.717) is 22.7 Å². The average Bonchev–Trinajstić information content (AvgIpc) is 2.56. The molecule has 0 aliphatic carbocycles. The van der Waals surface area contributed by atoms with E-state index in [-0.39, 0.29) is 11.8 Å². The van der Waals surface area contributed by atoms with Crippen molar-refractivity contribution in [3.8, 4) is 5.75 Å². The van der Waals surface area contributed by atoms with E-state index in [4.69, 9.17) is 4.74 Å². The van der Waals surface area contributed by atoms with Crippen molar-refractivity contribution in [3.63, 3.8) is 0 Å². The van der Waals surface area contributed by atoms with Crippen LogP contribution in [0.1, 0.15) is 29.8 Å². The van der Waals surface area contributed by atoms with E-state index in [9.17, 15) is 9.59 Å². The van der Waals surface area contributed by atoms with Crippen LogP contribution in [-0.4, -0.2) is 17.9 Å². The smallest absolute Gasteiger partial charge is 0.265 e. The van der Waals surface area contributed by atoms with Crippen molar-refractivity contribution in [1.29, 1.82) is 0 Å². The fourth-order valence-electron chi connectivity index (χ4n) is 2.38. The highest BCUT2D eigenvalue weighted by Crippen LogP contribution is 2.32. The average molecular weight is 310 g/mol. The molecule has 0 spiro atoms. The molecule has 118 valence electrons. The lowest BCUT2D eigenvalue weighted by Crippen LogP contribution is -2.34. The fraction of sp³-hybridized carbons (Fsp3) is 0.222. The minimum Gasteiger partial charge on any atom is -0.479 e. The van der Waals surface area contributed by atoms with Gasteiger partial charge in [0.25, 0.3) is 11.8 Å². The van der Waals surface area contributed by atoms with Crippen LogP contribution < -0.4 is 15.4 Å². The minimum atomic E-state index is -0.514. The molecule has 2 N–H and O–H groups in total. The first-order chi connectivity index (χ1) is 11.1. The monoisotopic (exact) mass is 310 g/mol. The minimum absolute atomic E-state index is 0.191. The van der Waals surface area contributed by atoms with Crippen LogP contribution in [0.15, 0.2) is 42.5 Å². The lowest BCUT2D eigenvalue weighted by molar-refractivity contribution is -0.122. The van der Waals surface area contributed by atoms with Crippen LogP contribution in [0.5, 0.6) is 5.75 Å². The fourth-order valence-corrected chi connectivity index (χ4v) is 2.38. The standard InChI is InChI=1S/C18H18N2O3/c1-3-12-4-6-13(7-5-12)18(22)19-14-8-9-16-15(10-14)20-17(21)11(2)23-16/h4-11H,3H2,1-2H3,(H,19,22)(H,20,21)/t11-/m0/s1. The maximum atomic E-state index is 12.3. The number of benzene rings is 2. The first-order valence-electron chi connectivity index (χ1n) is 7.58. The van der Waals surface area contributed by atoms with Crippen molar-refractivity contribution < 1.29 is 14.3 Å². The van der Waals surface area contributed by atoms with Gasteiger partial charge in [-0.15, -0.1) is 0 Å². The molecule has 1 atom stereocenters. The lowest BCUT2D eigenvalue weighted by atomic mass is 10.1. The molecule has 5 heteroatoms. The number of carbonyl (C=O) groups is 2. The van der Waals surface area contributed by atoms with Crippen molar-refractivity contribution in [3.05, 3.63) is 53.6 Å². The Balaban J connectivity index is 1.76. The van der Waals surface area contributed by atoms with E-state index in [2.05, 4.69) is 17.6 Å². The van der Waals surface area contributed by atoms with Crippen molar-refractivity contribution in [2.45, 2.75) is 26.4 Å². The van der Waals surface area contributed by atoms with Crippen LogP contribution in [0.2, 0.25) is 0 Å². The van der Waals surface area contributed by atoms with Crippen LogP contribution in [-0.2, 0) is 11.2 Å². The highest BCUT2D eigenvalue weighted by Gasteiger charge is 2.23. The number of fused-ring (bicyclic) bond motifs is 1. The maximum absolute atomic E-state index is 12.3. The number of anilines is 2. The third-order valence-corrected chi connectivity index (χ3v) is 3.79. The molecule has 0 saturated carbocycles. The summed E-state index contributed by atoms with van der Waals surface area (Å²) in [6, 6.07) is 12.7. The van der Waals surface area contributed by atoms with Gasteiger partial charge >= 0.3 is 0 Å². The van der Waals surface area contributed by atoms with E-state index < -0.39 is 6.10 Å². The molecule has 3 rings (SSSR count). The Bertz CT molecular complexity index is 753. The molecule has 5 nitrogen and oxygen atoms in total. The number of carbonyl (C=O) groups excluding carboxylic acids is 2. The summed E-state index contributed by atoms with van der Waals surface area (Å²) in [4.78, 5) is 23.9. The lowest BCUT2D eigenvalue weighted by Gasteiger charge is -2.23. The van der Waals surface area contributed by atoms with E-state index in [1.165, 1.54) is 5.56 Å². The highest BCUT2D eigenvalue weighted by atomic mass is 16.5. The summed E-state index contributed by atoms with van der Waals surface area (Å²) >= 11 is 0. The van der Waals surface area contributed by atoms with Gasteiger partial charge in [-0.1, -0.05) is 19.1 Å².